The fraction of sp³-hybridized carbons (Fsp3) is 0.400. The number of ether oxygens (including phenoxy) is 2. The topological polar surface area (TPSA) is 93.6 Å². The zero-order chi connectivity index (χ0) is 26.6. The summed E-state index contributed by atoms with van der Waals surface area (Å²) in [5, 5.41) is 21.3. The first kappa shape index (κ1) is 28.6. The molecule has 198 valence electrons. The van der Waals surface area contributed by atoms with Crippen molar-refractivity contribution in [2.24, 2.45) is 5.92 Å². The smallest absolute Gasteiger partial charge is 0.272 e. The number of aryl methyl sites for hydroxylation is 1. The highest BCUT2D eigenvalue weighted by Crippen LogP contribution is 2.43. The van der Waals surface area contributed by atoms with E-state index in [0.29, 0.717) is 5.75 Å². The molecular formula is C25H26Cl3N3O4S2. The van der Waals surface area contributed by atoms with E-state index in [1.807, 2.05) is 55.5 Å². The van der Waals surface area contributed by atoms with Crippen LogP contribution in [0, 0.1) is 12.8 Å². The molecule has 37 heavy (non-hydrogen) atoms. The summed E-state index contributed by atoms with van der Waals surface area (Å²) in [7, 11) is 0. The molecule has 12 heteroatoms. The molecule has 1 amide bonds. The predicted octanol–water partition coefficient (Wildman–Crippen LogP) is 5.91. The number of aromatic nitrogens is 2. The molecule has 4 atom stereocenters. The molecule has 0 saturated carbocycles. The van der Waals surface area contributed by atoms with Gasteiger partial charge in [0.05, 0.1) is 18.8 Å². The Kier molecular flexibility index (Phi) is 9.74. The number of aliphatic hydroxyl groups is 1. The van der Waals surface area contributed by atoms with E-state index in [4.69, 9.17) is 44.3 Å². The number of amides is 1. The largest absolute Gasteiger partial charge is 0.392 e. The fourth-order valence-corrected chi connectivity index (χ4v) is 6.08. The first-order valence-electron chi connectivity index (χ1n) is 11.5. The average molecular weight is 603 g/mol. The van der Waals surface area contributed by atoms with E-state index in [1.54, 1.807) is 23.1 Å². The van der Waals surface area contributed by atoms with Crippen molar-refractivity contribution in [3.8, 4) is 0 Å². The minimum absolute atomic E-state index is 0.0118. The summed E-state index contributed by atoms with van der Waals surface area (Å²) < 4.78 is 11.8. The number of thioether (sulfide) groups is 1. The van der Waals surface area contributed by atoms with Gasteiger partial charge in [-0.25, -0.2) is 0 Å². The molecule has 1 fully saturated rings. The highest BCUT2D eigenvalue weighted by atomic mass is 35.6. The number of carbonyl (C=O) groups excluding carboxylic acids is 1. The third kappa shape index (κ3) is 7.58. The molecule has 4 unspecified atom stereocenters. The third-order valence-corrected chi connectivity index (χ3v) is 8.54. The van der Waals surface area contributed by atoms with Crippen molar-refractivity contribution in [1.29, 1.82) is 0 Å². The Morgan fingerprint density at radius 2 is 1.70 bits per heavy atom. The van der Waals surface area contributed by atoms with Gasteiger partial charge in [-0.05, 0) is 23.6 Å². The van der Waals surface area contributed by atoms with E-state index < -0.39 is 16.0 Å². The predicted molar refractivity (Wildman–Crippen MR) is 147 cm³/mol. The molecule has 0 aliphatic carbocycles. The quantitative estimate of drug-likeness (QED) is 0.245. The lowest BCUT2D eigenvalue weighted by molar-refractivity contribution is -0.268. The van der Waals surface area contributed by atoms with Gasteiger partial charge in [-0.1, -0.05) is 113 Å². The molecule has 7 nitrogen and oxygen atoms in total. The summed E-state index contributed by atoms with van der Waals surface area (Å²) in [4.78, 5) is 11.8. The van der Waals surface area contributed by atoms with Crippen LogP contribution < -0.4 is 5.32 Å². The lowest BCUT2D eigenvalue weighted by atomic mass is 9.91. The van der Waals surface area contributed by atoms with Crippen LogP contribution in [0.15, 0.2) is 52.9 Å². The molecule has 1 aliphatic heterocycles. The fourth-order valence-electron chi connectivity index (χ4n) is 3.88. The second kappa shape index (κ2) is 12.6. The normalized spacial score (nSPS) is 22.1. The Bertz CT molecular complexity index is 1190. The monoisotopic (exact) mass is 601 g/mol. The van der Waals surface area contributed by atoms with Gasteiger partial charge in [-0.3, -0.25) is 4.79 Å². The van der Waals surface area contributed by atoms with E-state index in [1.165, 1.54) is 0 Å². The number of benzene rings is 2. The maximum absolute atomic E-state index is 11.8. The molecular weight excluding hydrogens is 577 g/mol. The van der Waals surface area contributed by atoms with E-state index in [2.05, 4.69) is 22.4 Å². The Labute approximate surface area is 238 Å². The lowest BCUT2D eigenvalue weighted by Gasteiger charge is -2.41. The van der Waals surface area contributed by atoms with Crippen molar-refractivity contribution in [2.45, 2.75) is 53.6 Å². The molecule has 4 rings (SSSR count). The lowest BCUT2D eigenvalue weighted by Crippen LogP contribution is -2.38. The maximum Gasteiger partial charge on any atom is 0.272 e. The first-order chi connectivity index (χ1) is 17.6. The summed E-state index contributed by atoms with van der Waals surface area (Å²) in [6.07, 6.45) is -0.916. The summed E-state index contributed by atoms with van der Waals surface area (Å²) in [6, 6.07) is 15.3. The van der Waals surface area contributed by atoms with Crippen LogP contribution in [0.3, 0.4) is 0 Å². The SMILES string of the molecule is Cc1nnc(SCC2OC(c3ccc(CNC(=O)C(Cl)(Cl)Cl)cc3)OC(c3ccc(CO)cc3)C2C)s1. The van der Waals surface area contributed by atoms with Gasteiger partial charge in [0.2, 0.25) is 0 Å². The van der Waals surface area contributed by atoms with Crippen LogP contribution in [-0.2, 0) is 27.4 Å². The number of nitrogens with zero attached hydrogens (tertiary/aromatic N) is 2. The van der Waals surface area contributed by atoms with Crippen LogP contribution in [0.1, 0.15) is 46.6 Å². The first-order valence-corrected chi connectivity index (χ1v) is 14.4. The molecule has 0 spiro atoms. The maximum atomic E-state index is 11.8. The van der Waals surface area contributed by atoms with Gasteiger partial charge in [0, 0.05) is 23.8 Å². The van der Waals surface area contributed by atoms with Gasteiger partial charge in [0.25, 0.3) is 9.70 Å². The second-order valence-electron chi connectivity index (χ2n) is 8.64. The summed E-state index contributed by atoms with van der Waals surface area (Å²) >= 11 is 20.0. The number of hydrogen-bond acceptors (Lipinski definition) is 8. The molecule has 0 bridgehead atoms. The molecule has 2 heterocycles. The van der Waals surface area contributed by atoms with Crippen LogP contribution in [0.4, 0.5) is 0 Å². The summed E-state index contributed by atoms with van der Waals surface area (Å²) in [5.74, 6) is 0.0758. The van der Waals surface area contributed by atoms with Crippen LogP contribution in [0.2, 0.25) is 0 Å². The van der Waals surface area contributed by atoms with Crippen molar-refractivity contribution in [1.82, 2.24) is 15.5 Å². The molecule has 1 aliphatic rings. The highest BCUT2D eigenvalue weighted by Gasteiger charge is 2.38. The summed E-state index contributed by atoms with van der Waals surface area (Å²) in [6.45, 7) is 4.26. The third-order valence-electron chi connectivity index (χ3n) is 5.96. The van der Waals surface area contributed by atoms with Crippen molar-refractivity contribution in [3.63, 3.8) is 0 Å². The van der Waals surface area contributed by atoms with E-state index in [0.717, 1.165) is 31.6 Å². The molecule has 2 aromatic carbocycles. The van der Waals surface area contributed by atoms with Crippen molar-refractivity contribution < 1.29 is 19.4 Å². The zero-order valence-electron chi connectivity index (χ0n) is 20.1. The molecule has 1 saturated heterocycles. The number of rotatable bonds is 8. The number of aliphatic hydroxyl groups excluding tert-OH is 1. The van der Waals surface area contributed by atoms with Crippen molar-refractivity contribution >= 4 is 63.8 Å². The van der Waals surface area contributed by atoms with Gasteiger partial charge in [-0.15, -0.1) is 10.2 Å². The van der Waals surface area contributed by atoms with Gasteiger partial charge >= 0.3 is 0 Å². The van der Waals surface area contributed by atoms with Gasteiger partial charge in [0.1, 0.15) is 5.01 Å². The Hall–Kier alpha value is -1.43. The van der Waals surface area contributed by atoms with E-state index in [9.17, 15) is 9.90 Å². The van der Waals surface area contributed by atoms with Crippen LogP contribution in [0.25, 0.3) is 0 Å². The van der Waals surface area contributed by atoms with Crippen molar-refractivity contribution in [3.05, 3.63) is 75.8 Å². The number of alkyl halides is 3. The second-order valence-corrected chi connectivity index (χ2v) is 13.4. The number of carbonyl (C=O) groups is 1. The van der Waals surface area contributed by atoms with Crippen LogP contribution in [0.5, 0.6) is 0 Å². The molecule has 3 aromatic rings. The summed E-state index contributed by atoms with van der Waals surface area (Å²) in [5.41, 5.74) is 3.55. The molecule has 2 N–H and O–H groups in total. The standard InChI is InChI=1S/C25H26Cl3N3O4S2/c1-14-20(13-36-24-31-30-15(2)37-24)34-22(35-21(14)18-7-5-17(12-32)6-8-18)19-9-3-16(4-10-19)11-29-23(33)25(26,27)28/h3-10,14,20-22,32H,11-13H2,1-2H3,(H,29,33). The van der Waals surface area contributed by atoms with Gasteiger partial charge < -0.3 is 19.9 Å². The number of hydrogen-bond donors (Lipinski definition) is 2. The minimum atomic E-state index is -2.01. The average Bonchev–Trinajstić information content (AvgIpc) is 3.31. The Morgan fingerprint density at radius 1 is 1.05 bits per heavy atom. The Morgan fingerprint density at radius 3 is 2.30 bits per heavy atom. The molecule has 1 aromatic heterocycles. The van der Waals surface area contributed by atoms with Gasteiger partial charge in [-0.2, -0.15) is 0 Å². The van der Waals surface area contributed by atoms with Crippen molar-refractivity contribution in [2.75, 3.05) is 5.75 Å². The highest BCUT2D eigenvalue weighted by molar-refractivity contribution is 8.01. The number of nitrogens with one attached hydrogen (secondary N) is 1. The Balaban J connectivity index is 1.51. The van der Waals surface area contributed by atoms with Crippen LogP contribution in [-0.4, -0.2) is 36.9 Å². The van der Waals surface area contributed by atoms with E-state index >= 15 is 0 Å². The van der Waals surface area contributed by atoms with Crippen LogP contribution >= 0.6 is 57.9 Å². The zero-order valence-corrected chi connectivity index (χ0v) is 24.0. The van der Waals surface area contributed by atoms with Gasteiger partial charge in [0.15, 0.2) is 10.6 Å². The molecule has 0 radical (unpaired) electrons. The van der Waals surface area contributed by atoms with E-state index in [-0.39, 0.29) is 31.3 Å². The minimum Gasteiger partial charge on any atom is -0.392 e. The number of halogens is 3.